The molecule has 0 fully saturated rings. The Balaban J connectivity index is 2.97. The molecule has 0 unspecified atom stereocenters. The van der Waals surface area contributed by atoms with E-state index in [-0.39, 0.29) is 13.2 Å². The van der Waals surface area contributed by atoms with Crippen molar-refractivity contribution < 1.29 is 22.7 Å². The summed E-state index contributed by atoms with van der Waals surface area (Å²) in [7, 11) is -2.29. The maximum Gasteiger partial charge on any atom is 0.389 e. The van der Waals surface area contributed by atoms with Gasteiger partial charge in [0.15, 0.2) is 0 Å². The van der Waals surface area contributed by atoms with Crippen LogP contribution in [0, 0.1) is 0 Å². The average molecular weight is 288 g/mol. The minimum atomic E-state index is -3.83. The normalized spacial score (nSPS) is 12.5. The first-order valence-corrected chi connectivity index (χ1v) is 7.51. The molecule has 0 aliphatic carbocycles. The summed E-state index contributed by atoms with van der Waals surface area (Å²) in [5.41, 5.74) is -0.348. The van der Waals surface area contributed by atoms with Crippen LogP contribution in [0.15, 0.2) is 29.8 Å². The van der Waals surface area contributed by atoms with E-state index in [9.17, 15) is 8.96 Å². The lowest BCUT2D eigenvalue weighted by Gasteiger charge is -2.14. The zero-order chi connectivity index (χ0) is 14.3. The van der Waals surface area contributed by atoms with E-state index in [1.54, 1.807) is 45.2 Å². The zero-order valence-corrected chi connectivity index (χ0v) is 12.2. The Kier molecular flexibility index (Phi) is 6.22. The topological polar surface area (TPSA) is 44.8 Å². The monoisotopic (exact) mass is 288 g/mol. The summed E-state index contributed by atoms with van der Waals surface area (Å²) in [4.78, 5) is 0. The van der Waals surface area contributed by atoms with E-state index in [2.05, 4.69) is 0 Å². The second-order valence-corrected chi connectivity index (χ2v) is 5.51. The summed E-state index contributed by atoms with van der Waals surface area (Å²) >= 11 is 0. The Morgan fingerprint density at radius 3 is 2.16 bits per heavy atom. The second-order valence-electron chi connectivity index (χ2n) is 3.57. The van der Waals surface area contributed by atoms with Gasteiger partial charge < -0.3 is 13.8 Å². The van der Waals surface area contributed by atoms with Crippen molar-refractivity contribution in [3.05, 3.63) is 35.4 Å². The first-order valence-electron chi connectivity index (χ1n) is 5.96. The molecule has 0 spiro atoms. The standard InChI is InChI=1S/C13H18FO4P/c1-4-17-19(15,18-5-2)13(14)10-11-6-8-12(16-3)9-7-11/h6-10H,4-5H2,1-3H3/b13-10-. The quantitative estimate of drug-likeness (QED) is 0.704. The van der Waals surface area contributed by atoms with Gasteiger partial charge in [0, 0.05) is 0 Å². The van der Waals surface area contributed by atoms with Crippen molar-refractivity contribution in [3.63, 3.8) is 0 Å². The lowest BCUT2D eigenvalue weighted by Crippen LogP contribution is -1.96. The third-order valence-electron chi connectivity index (χ3n) is 2.26. The van der Waals surface area contributed by atoms with E-state index >= 15 is 0 Å². The lowest BCUT2D eigenvalue weighted by molar-refractivity contribution is 0.220. The molecule has 0 atom stereocenters. The molecule has 1 rings (SSSR count). The van der Waals surface area contributed by atoms with Gasteiger partial charge in [0.2, 0.25) is 5.57 Å². The highest BCUT2D eigenvalue weighted by atomic mass is 31.2. The molecule has 106 valence electrons. The van der Waals surface area contributed by atoms with Gasteiger partial charge in [-0.3, -0.25) is 4.57 Å². The molecule has 0 aliphatic rings. The van der Waals surface area contributed by atoms with Crippen molar-refractivity contribution in [1.82, 2.24) is 0 Å². The van der Waals surface area contributed by atoms with Gasteiger partial charge in [0.25, 0.3) is 0 Å². The Labute approximate surface area is 112 Å². The van der Waals surface area contributed by atoms with Crippen molar-refractivity contribution in [2.75, 3.05) is 20.3 Å². The fourth-order valence-electron chi connectivity index (χ4n) is 1.42. The van der Waals surface area contributed by atoms with Crippen LogP contribution >= 0.6 is 7.60 Å². The second kappa shape index (κ2) is 7.43. The number of halogens is 1. The van der Waals surface area contributed by atoms with Gasteiger partial charge in [0.05, 0.1) is 20.3 Å². The van der Waals surface area contributed by atoms with Crippen LogP contribution in [0.3, 0.4) is 0 Å². The highest BCUT2D eigenvalue weighted by Gasteiger charge is 2.30. The van der Waals surface area contributed by atoms with Gasteiger partial charge in [-0.2, -0.15) is 4.39 Å². The SMILES string of the molecule is CCOP(=O)(OCC)/C(F)=C\c1ccc(OC)cc1. The Morgan fingerprint density at radius 2 is 1.74 bits per heavy atom. The maximum absolute atomic E-state index is 14.0. The van der Waals surface area contributed by atoms with Crippen LogP contribution in [0.5, 0.6) is 5.75 Å². The number of hydrogen-bond donors (Lipinski definition) is 0. The summed E-state index contributed by atoms with van der Waals surface area (Å²) < 4.78 is 41.0. The minimum absolute atomic E-state index is 0.112. The molecular formula is C13H18FO4P. The van der Waals surface area contributed by atoms with Crippen LogP contribution in [-0.2, 0) is 13.6 Å². The van der Waals surface area contributed by atoms with Crippen LogP contribution in [-0.4, -0.2) is 20.3 Å². The number of ether oxygens (including phenoxy) is 1. The highest BCUT2D eigenvalue weighted by Crippen LogP contribution is 2.57. The summed E-state index contributed by atoms with van der Waals surface area (Å²) in [6.07, 6.45) is 1.14. The Bertz CT molecular complexity index is 460. The number of hydrogen-bond acceptors (Lipinski definition) is 4. The molecule has 0 aliphatic heterocycles. The summed E-state index contributed by atoms with van der Waals surface area (Å²) in [5.74, 6) is 0.662. The number of methoxy groups -OCH3 is 1. The molecule has 0 bridgehead atoms. The summed E-state index contributed by atoms with van der Waals surface area (Å²) in [5, 5.41) is 0. The van der Waals surface area contributed by atoms with Crippen molar-refractivity contribution in [1.29, 1.82) is 0 Å². The van der Waals surface area contributed by atoms with Crippen LogP contribution in [0.1, 0.15) is 19.4 Å². The average Bonchev–Trinajstić information content (AvgIpc) is 2.40. The molecule has 0 saturated carbocycles. The van der Waals surface area contributed by atoms with Gasteiger partial charge >= 0.3 is 7.60 Å². The van der Waals surface area contributed by atoms with Gasteiger partial charge in [-0.1, -0.05) is 12.1 Å². The summed E-state index contributed by atoms with van der Waals surface area (Å²) in [6, 6.07) is 6.68. The molecular weight excluding hydrogens is 270 g/mol. The molecule has 4 nitrogen and oxygen atoms in total. The molecule has 6 heteroatoms. The fourth-order valence-corrected chi connectivity index (χ4v) is 2.73. The van der Waals surface area contributed by atoms with Crippen molar-refractivity contribution in [3.8, 4) is 5.75 Å². The van der Waals surface area contributed by atoms with E-state index < -0.39 is 13.2 Å². The molecule has 1 aromatic carbocycles. The number of rotatable bonds is 7. The van der Waals surface area contributed by atoms with E-state index in [1.807, 2.05) is 0 Å². The first-order chi connectivity index (χ1) is 9.05. The third-order valence-corrected chi connectivity index (χ3v) is 4.11. The van der Waals surface area contributed by atoms with E-state index in [0.29, 0.717) is 11.3 Å². The highest BCUT2D eigenvalue weighted by molar-refractivity contribution is 7.58. The van der Waals surface area contributed by atoms with Gasteiger partial charge in [-0.15, -0.1) is 0 Å². The predicted octanol–water partition coefficient (Wildman–Crippen LogP) is 4.23. The van der Waals surface area contributed by atoms with E-state index in [4.69, 9.17) is 13.8 Å². The Hall–Kier alpha value is -1.16. The van der Waals surface area contributed by atoms with Crippen LogP contribution < -0.4 is 4.74 Å². The van der Waals surface area contributed by atoms with Gasteiger partial charge in [-0.05, 0) is 37.6 Å². The van der Waals surface area contributed by atoms with Crippen LogP contribution in [0.4, 0.5) is 4.39 Å². The molecule has 1 aromatic rings. The Morgan fingerprint density at radius 1 is 1.21 bits per heavy atom. The van der Waals surface area contributed by atoms with Gasteiger partial charge in [0.1, 0.15) is 5.75 Å². The molecule has 0 amide bonds. The molecule has 0 heterocycles. The third kappa shape index (κ3) is 4.46. The molecule has 0 N–H and O–H groups in total. The fraction of sp³-hybridized carbons (Fsp3) is 0.385. The maximum atomic E-state index is 14.0. The van der Waals surface area contributed by atoms with Gasteiger partial charge in [-0.25, -0.2) is 0 Å². The first kappa shape index (κ1) is 15.9. The van der Waals surface area contributed by atoms with Crippen molar-refractivity contribution in [2.45, 2.75) is 13.8 Å². The number of benzene rings is 1. The molecule has 0 aromatic heterocycles. The minimum Gasteiger partial charge on any atom is -0.497 e. The largest absolute Gasteiger partial charge is 0.497 e. The lowest BCUT2D eigenvalue weighted by atomic mass is 10.2. The predicted molar refractivity (Wildman–Crippen MR) is 72.9 cm³/mol. The van der Waals surface area contributed by atoms with Crippen molar-refractivity contribution >= 4 is 13.7 Å². The van der Waals surface area contributed by atoms with E-state index in [0.717, 1.165) is 6.08 Å². The molecule has 19 heavy (non-hydrogen) atoms. The van der Waals surface area contributed by atoms with E-state index in [1.165, 1.54) is 0 Å². The smallest absolute Gasteiger partial charge is 0.389 e. The van der Waals surface area contributed by atoms with Crippen LogP contribution in [0.25, 0.3) is 6.08 Å². The van der Waals surface area contributed by atoms with Crippen LogP contribution in [0.2, 0.25) is 0 Å². The molecule has 0 saturated heterocycles. The molecule has 0 radical (unpaired) electrons. The zero-order valence-electron chi connectivity index (χ0n) is 11.3. The van der Waals surface area contributed by atoms with Crippen molar-refractivity contribution in [2.24, 2.45) is 0 Å². The summed E-state index contributed by atoms with van der Waals surface area (Å²) in [6.45, 7) is 3.49.